The first-order chi connectivity index (χ1) is 13.1. The number of carbonyl (C=O) groups is 1. The lowest BCUT2D eigenvalue weighted by Gasteiger charge is -2.29. The summed E-state index contributed by atoms with van der Waals surface area (Å²) < 4.78 is 11.3. The third-order valence-corrected chi connectivity index (χ3v) is 4.76. The second-order valence-electron chi connectivity index (χ2n) is 8.12. The van der Waals surface area contributed by atoms with Crippen LogP contribution in [0, 0.1) is 11.3 Å². The van der Waals surface area contributed by atoms with E-state index in [2.05, 4.69) is 9.98 Å². The Balaban J connectivity index is 2.13. The summed E-state index contributed by atoms with van der Waals surface area (Å²) in [6.45, 7) is 10.4. The second-order valence-corrected chi connectivity index (χ2v) is 8.12. The molecule has 2 aromatic rings. The minimum Gasteiger partial charge on any atom is -0.497 e. The fourth-order valence-corrected chi connectivity index (χ4v) is 3.22. The predicted octanol–water partition coefficient (Wildman–Crippen LogP) is 4.61. The zero-order valence-electron chi connectivity index (χ0n) is 17.5. The Morgan fingerprint density at radius 1 is 1.29 bits per heavy atom. The molecule has 0 saturated heterocycles. The third-order valence-electron chi connectivity index (χ3n) is 4.76. The molecule has 0 aliphatic rings. The van der Waals surface area contributed by atoms with Gasteiger partial charge in [-0.2, -0.15) is 0 Å². The van der Waals surface area contributed by atoms with Crippen LogP contribution in [-0.2, 0) is 4.79 Å². The number of aliphatic carboxylic acids is 1. The fraction of sp³-hybridized carbons (Fsp3) is 0.500. The average Bonchev–Trinajstić information content (AvgIpc) is 2.63. The van der Waals surface area contributed by atoms with E-state index < -0.39 is 5.97 Å². The van der Waals surface area contributed by atoms with Crippen LogP contribution in [0.1, 0.15) is 41.0 Å². The molecule has 1 aromatic carbocycles. The van der Waals surface area contributed by atoms with Crippen molar-refractivity contribution in [3.63, 3.8) is 0 Å². The van der Waals surface area contributed by atoms with Crippen LogP contribution in [-0.4, -0.2) is 41.5 Å². The number of pyridine rings is 1. The summed E-state index contributed by atoms with van der Waals surface area (Å²) >= 11 is 0. The van der Waals surface area contributed by atoms with Gasteiger partial charge >= 0.3 is 5.97 Å². The molecule has 1 N–H and O–H groups in total. The topological polar surface area (TPSA) is 81.0 Å². The molecule has 1 heterocycles. The summed E-state index contributed by atoms with van der Waals surface area (Å²) in [5.41, 5.74) is 1.48. The number of nitrogens with zero attached hydrogens (tertiary/aromatic N) is 2. The van der Waals surface area contributed by atoms with Crippen molar-refractivity contribution < 1.29 is 19.4 Å². The number of benzene rings is 1. The second kappa shape index (κ2) is 9.04. The van der Waals surface area contributed by atoms with E-state index in [1.54, 1.807) is 13.3 Å². The lowest BCUT2D eigenvalue weighted by atomic mass is 9.76. The van der Waals surface area contributed by atoms with Crippen LogP contribution in [0.15, 0.2) is 35.5 Å². The molecule has 28 heavy (non-hydrogen) atoms. The standard InChI is InChI=1S/C22H30N2O4/c1-14(13-24-15(2)18(12-21(25)26)22(3,4)5)28-20-9-10-23-19-11-16(27-6)7-8-17(19)20/h7-11,14,18H,12-13H2,1-6H3,(H,25,26). The first-order valence-corrected chi connectivity index (χ1v) is 9.44. The van der Waals surface area contributed by atoms with Gasteiger partial charge in [-0.3, -0.25) is 14.8 Å². The number of aliphatic imine (C=N–C) groups is 1. The minimum atomic E-state index is -0.808. The molecule has 2 rings (SSSR count). The number of methoxy groups -OCH3 is 1. The van der Waals surface area contributed by atoms with E-state index in [-0.39, 0.29) is 23.9 Å². The maximum Gasteiger partial charge on any atom is 0.304 e. The highest BCUT2D eigenvalue weighted by Crippen LogP contribution is 2.31. The molecule has 0 radical (unpaired) electrons. The van der Waals surface area contributed by atoms with Gasteiger partial charge in [-0.05, 0) is 37.5 Å². The maximum absolute atomic E-state index is 11.2. The van der Waals surface area contributed by atoms with Crippen LogP contribution < -0.4 is 9.47 Å². The van der Waals surface area contributed by atoms with Gasteiger partial charge in [-0.1, -0.05) is 20.8 Å². The Labute approximate surface area is 166 Å². The van der Waals surface area contributed by atoms with Gasteiger partial charge in [0.1, 0.15) is 17.6 Å². The normalized spacial score (nSPS) is 14.6. The van der Waals surface area contributed by atoms with Gasteiger partial charge in [-0.15, -0.1) is 0 Å². The zero-order chi connectivity index (χ0) is 20.9. The maximum atomic E-state index is 11.2. The van der Waals surface area contributed by atoms with Crippen LogP contribution in [0.3, 0.4) is 0 Å². The number of hydrogen-bond acceptors (Lipinski definition) is 5. The molecule has 1 aromatic heterocycles. The van der Waals surface area contributed by atoms with E-state index in [4.69, 9.17) is 9.47 Å². The van der Waals surface area contributed by atoms with Crippen molar-refractivity contribution in [3.05, 3.63) is 30.5 Å². The van der Waals surface area contributed by atoms with Gasteiger partial charge in [0.15, 0.2) is 0 Å². The van der Waals surface area contributed by atoms with Crippen LogP contribution in [0.25, 0.3) is 10.9 Å². The summed E-state index contributed by atoms with van der Waals surface area (Å²) in [7, 11) is 1.62. The Morgan fingerprint density at radius 2 is 2.00 bits per heavy atom. The zero-order valence-corrected chi connectivity index (χ0v) is 17.5. The predicted molar refractivity (Wildman–Crippen MR) is 112 cm³/mol. The number of carboxylic acid groups (broad SMARTS) is 1. The Kier molecular flexibility index (Phi) is 7.00. The summed E-state index contributed by atoms with van der Waals surface area (Å²) in [5, 5.41) is 10.1. The van der Waals surface area contributed by atoms with Crippen LogP contribution >= 0.6 is 0 Å². The molecule has 2 unspecified atom stereocenters. The molecule has 0 spiro atoms. The van der Waals surface area contributed by atoms with Crippen molar-refractivity contribution in [2.24, 2.45) is 16.3 Å². The van der Waals surface area contributed by atoms with E-state index in [0.29, 0.717) is 6.54 Å². The van der Waals surface area contributed by atoms with Gasteiger partial charge in [0.25, 0.3) is 0 Å². The number of rotatable bonds is 8. The van der Waals surface area contributed by atoms with Crippen molar-refractivity contribution in [1.29, 1.82) is 0 Å². The lowest BCUT2D eigenvalue weighted by molar-refractivity contribution is -0.138. The number of hydrogen-bond donors (Lipinski definition) is 1. The van der Waals surface area contributed by atoms with Gasteiger partial charge in [-0.25, -0.2) is 0 Å². The molecular weight excluding hydrogens is 356 g/mol. The summed E-state index contributed by atoms with van der Waals surface area (Å²) in [5.74, 6) is 0.562. The molecule has 0 saturated carbocycles. The molecule has 0 aliphatic carbocycles. The first kappa shape index (κ1) is 21.7. The largest absolute Gasteiger partial charge is 0.497 e. The van der Waals surface area contributed by atoms with Gasteiger partial charge in [0, 0.05) is 29.3 Å². The quantitative estimate of drug-likeness (QED) is 0.670. The third kappa shape index (κ3) is 5.68. The molecule has 0 fully saturated rings. The highest BCUT2D eigenvalue weighted by Gasteiger charge is 2.29. The summed E-state index contributed by atoms with van der Waals surface area (Å²) in [6, 6.07) is 7.52. The minimum absolute atomic E-state index is 0.0743. The molecule has 6 heteroatoms. The Bertz CT molecular complexity index is 855. The number of carboxylic acids is 1. The SMILES string of the molecule is COc1ccc2c(OC(C)CN=C(C)C(CC(=O)O)C(C)(C)C)ccnc2c1. The Morgan fingerprint density at radius 3 is 2.61 bits per heavy atom. The van der Waals surface area contributed by atoms with Gasteiger partial charge in [0.05, 0.1) is 25.6 Å². The van der Waals surface area contributed by atoms with E-state index >= 15 is 0 Å². The van der Waals surface area contributed by atoms with E-state index in [1.165, 1.54) is 0 Å². The van der Waals surface area contributed by atoms with Crippen LogP contribution in [0.4, 0.5) is 0 Å². The first-order valence-electron chi connectivity index (χ1n) is 9.44. The average molecular weight is 386 g/mol. The monoisotopic (exact) mass is 386 g/mol. The molecule has 6 nitrogen and oxygen atoms in total. The molecule has 0 bridgehead atoms. The Hall–Kier alpha value is -2.63. The van der Waals surface area contributed by atoms with Crippen molar-refractivity contribution in [1.82, 2.24) is 4.98 Å². The van der Waals surface area contributed by atoms with Gasteiger partial charge in [0.2, 0.25) is 0 Å². The van der Waals surface area contributed by atoms with E-state index in [9.17, 15) is 9.90 Å². The van der Waals surface area contributed by atoms with Crippen LogP contribution in [0.5, 0.6) is 11.5 Å². The lowest BCUT2D eigenvalue weighted by Crippen LogP contribution is -2.30. The smallest absolute Gasteiger partial charge is 0.304 e. The highest BCUT2D eigenvalue weighted by atomic mass is 16.5. The number of fused-ring (bicyclic) bond motifs is 1. The van der Waals surface area contributed by atoms with Crippen molar-refractivity contribution in [2.45, 2.75) is 47.1 Å². The van der Waals surface area contributed by atoms with Crippen molar-refractivity contribution in [2.75, 3.05) is 13.7 Å². The van der Waals surface area contributed by atoms with E-state index in [0.717, 1.165) is 28.1 Å². The van der Waals surface area contributed by atoms with E-state index in [1.807, 2.05) is 58.9 Å². The highest BCUT2D eigenvalue weighted by molar-refractivity contribution is 5.88. The fourth-order valence-electron chi connectivity index (χ4n) is 3.22. The summed E-state index contributed by atoms with van der Waals surface area (Å²) in [4.78, 5) is 20.2. The number of aromatic nitrogens is 1. The van der Waals surface area contributed by atoms with Crippen LogP contribution in [0.2, 0.25) is 0 Å². The molecule has 2 atom stereocenters. The van der Waals surface area contributed by atoms with Crippen molar-refractivity contribution in [3.8, 4) is 11.5 Å². The molecule has 152 valence electrons. The molecular formula is C22H30N2O4. The van der Waals surface area contributed by atoms with Gasteiger partial charge < -0.3 is 14.6 Å². The van der Waals surface area contributed by atoms with Crippen molar-refractivity contribution >= 4 is 22.6 Å². The molecule has 0 aliphatic heterocycles. The summed E-state index contributed by atoms with van der Waals surface area (Å²) in [6.07, 6.45) is 1.62. The number of ether oxygens (including phenoxy) is 2. The molecule has 0 amide bonds.